The van der Waals surface area contributed by atoms with Crippen LogP contribution in [0.2, 0.25) is 0 Å². The minimum atomic E-state index is -0.742. The topological polar surface area (TPSA) is 53.4 Å². The molecule has 4 nitrogen and oxygen atoms in total. The van der Waals surface area contributed by atoms with Crippen molar-refractivity contribution in [3.8, 4) is 0 Å². The SMILES string of the molecule is CCCCN(C=O)C(O)C(C)Cc1ccc2ncccc2c1. The lowest BCUT2D eigenvalue weighted by Crippen LogP contribution is -2.40. The van der Waals surface area contributed by atoms with E-state index in [-0.39, 0.29) is 5.92 Å². The Morgan fingerprint density at radius 1 is 1.36 bits per heavy atom. The molecule has 4 heteroatoms. The Morgan fingerprint density at radius 3 is 2.91 bits per heavy atom. The lowest BCUT2D eigenvalue weighted by atomic mass is 9.97. The van der Waals surface area contributed by atoms with E-state index in [0.29, 0.717) is 6.54 Å². The Bertz CT molecular complexity index is 615. The second-order valence-corrected chi connectivity index (χ2v) is 5.82. The number of carbonyl (C=O) groups excluding carboxylic acids is 1. The van der Waals surface area contributed by atoms with Gasteiger partial charge in [-0.25, -0.2) is 0 Å². The molecule has 0 radical (unpaired) electrons. The zero-order valence-electron chi connectivity index (χ0n) is 13.3. The summed E-state index contributed by atoms with van der Waals surface area (Å²) in [6, 6.07) is 10.1. The summed E-state index contributed by atoms with van der Waals surface area (Å²) < 4.78 is 0. The fourth-order valence-electron chi connectivity index (χ4n) is 2.64. The number of fused-ring (bicyclic) bond motifs is 1. The summed E-state index contributed by atoms with van der Waals surface area (Å²) in [4.78, 5) is 16.9. The maximum absolute atomic E-state index is 11.1. The molecule has 0 bridgehead atoms. The predicted molar refractivity (Wildman–Crippen MR) is 88.3 cm³/mol. The number of rotatable bonds is 8. The molecule has 1 aromatic heterocycles. The maximum Gasteiger partial charge on any atom is 0.211 e. The highest BCUT2D eigenvalue weighted by Gasteiger charge is 2.20. The highest BCUT2D eigenvalue weighted by molar-refractivity contribution is 5.78. The van der Waals surface area contributed by atoms with Crippen LogP contribution in [0, 0.1) is 5.92 Å². The molecule has 0 aliphatic heterocycles. The van der Waals surface area contributed by atoms with Crippen LogP contribution in [0.5, 0.6) is 0 Å². The molecule has 2 aromatic rings. The van der Waals surface area contributed by atoms with Crippen LogP contribution < -0.4 is 0 Å². The summed E-state index contributed by atoms with van der Waals surface area (Å²) in [5.41, 5.74) is 2.12. The predicted octanol–water partition coefficient (Wildman–Crippen LogP) is 2.99. The molecule has 1 amide bonds. The fraction of sp³-hybridized carbons (Fsp3) is 0.444. The largest absolute Gasteiger partial charge is 0.373 e. The van der Waals surface area contributed by atoms with Crippen molar-refractivity contribution in [3.05, 3.63) is 42.1 Å². The molecule has 118 valence electrons. The van der Waals surface area contributed by atoms with Gasteiger partial charge in [-0.05, 0) is 36.6 Å². The minimum Gasteiger partial charge on any atom is -0.373 e. The molecule has 0 saturated carbocycles. The van der Waals surface area contributed by atoms with Crippen molar-refractivity contribution in [2.75, 3.05) is 6.54 Å². The maximum atomic E-state index is 11.1. The number of hydrogen-bond donors (Lipinski definition) is 1. The summed E-state index contributed by atoms with van der Waals surface area (Å²) in [6.07, 6.45) is 4.43. The van der Waals surface area contributed by atoms with Gasteiger partial charge in [0.05, 0.1) is 5.52 Å². The molecule has 1 N–H and O–H groups in total. The van der Waals surface area contributed by atoms with E-state index in [1.54, 1.807) is 6.20 Å². The van der Waals surface area contributed by atoms with Crippen molar-refractivity contribution in [3.63, 3.8) is 0 Å². The Labute approximate surface area is 131 Å². The molecule has 0 fully saturated rings. The molecule has 2 atom stereocenters. The molecule has 0 saturated heterocycles. The molecular formula is C18H24N2O2. The average Bonchev–Trinajstić information content (AvgIpc) is 2.55. The van der Waals surface area contributed by atoms with E-state index in [2.05, 4.69) is 18.0 Å². The first-order chi connectivity index (χ1) is 10.7. The molecule has 0 spiro atoms. The van der Waals surface area contributed by atoms with Crippen molar-refractivity contribution < 1.29 is 9.90 Å². The number of pyridine rings is 1. The summed E-state index contributed by atoms with van der Waals surface area (Å²) in [5.74, 6) is -0.0174. The lowest BCUT2D eigenvalue weighted by molar-refractivity contribution is -0.131. The molecule has 1 heterocycles. The van der Waals surface area contributed by atoms with Gasteiger partial charge < -0.3 is 10.0 Å². The second kappa shape index (κ2) is 7.90. The van der Waals surface area contributed by atoms with Crippen molar-refractivity contribution in [2.24, 2.45) is 5.92 Å². The summed E-state index contributed by atoms with van der Waals surface area (Å²) in [6.45, 7) is 4.65. The molecule has 2 unspecified atom stereocenters. The van der Waals surface area contributed by atoms with Gasteiger partial charge in [0, 0.05) is 24.0 Å². The molecule has 1 aromatic carbocycles. The van der Waals surface area contributed by atoms with Crippen molar-refractivity contribution in [1.82, 2.24) is 9.88 Å². The summed E-state index contributed by atoms with van der Waals surface area (Å²) >= 11 is 0. The minimum absolute atomic E-state index is 0.0174. The Balaban J connectivity index is 2.05. The van der Waals surface area contributed by atoms with Crippen LogP contribution in [0.15, 0.2) is 36.5 Å². The van der Waals surface area contributed by atoms with Crippen LogP contribution in [-0.4, -0.2) is 34.2 Å². The third kappa shape index (κ3) is 4.04. The quantitative estimate of drug-likeness (QED) is 0.602. The van der Waals surface area contributed by atoms with Crippen molar-refractivity contribution >= 4 is 17.3 Å². The van der Waals surface area contributed by atoms with E-state index in [4.69, 9.17) is 0 Å². The van der Waals surface area contributed by atoms with E-state index in [9.17, 15) is 9.90 Å². The molecule has 2 rings (SSSR count). The molecular weight excluding hydrogens is 276 g/mol. The van der Waals surface area contributed by atoms with Crippen molar-refractivity contribution in [1.29, 1.82) is 0 Å². The summed E-state index contributed by atoms with van der Waals surface area (Å²) in [5, 5.41) is 11.5. The van der Waals surface area contributed by atoms with E-state index in [1.165, 1.54) is 4.90 Å². The van der Waals surface area contributed by atoms with Gasteiger partial charge in [-0.2, -0.15) is 0 Å². The van der Waals surface area contributed by atoms with E-state index in [0.717, 1.165) is 42.1 Å². The van der Waals surface area contributed by atoms with E-state index < -0.39 is 6.23 Å². The van der Waals surface area contributed by atoms with Crippen LogP contribution in [0.1, 0.15) is 32.3 Å². The van der Waals surface area contributed by atoms with Gasteiger partial charge in [-0.1, -0.05) is 32.4 Å². The smallest absolute Gasteiger partial charge is 0.211 e. The summed E-state index contributed by atoms with van der Waals surface area (Å²) in [7, 11) is 0. The number of hydrogen-bond acceptors (Lipinski definition) is 3. The van der Waals surface area contributed by atoms with Crippen LogP contribution >= 0.6 is 0 Å². The third-order valence-electron chi connectivity index (χ3n) is 3.98. The Morgan fingerprint density at radius 2 is 2.18 bits per heavy atom. The van der Waals surface area contributed by atoms with E-state index >= 15 is 0 Å². The van der Waals surface area contributed by atoms with E-state index in [1.807, 2.05) is 31.2 Å². The zero-order chi connectivity index (χ0) is 15.9. The number of benzene rings is 1. The number of unbranched alkanes of at least 4 members (excludes halogenated alkanes) is 1. The van der Waals surface area contributed by atoms with Crippen LogP contribution in [0.25, 0.3) is 10.9 Å². The third-order valence-corrected chi connectivity index (χ3v) is 3.98. The number of aliphatic hydroxyl groups excluding tert-OH is 1. The number of carbonyl (C=O) groups is 1. The fourth-order valence-corrected chi connectivity index (χ4v) is 2.64. The van der Waals surface area contributed by atoms with Gasteiger partial charge in [0.25, 0.3) is 0 Å². The average molecular weight is 300 g/mol. The number of amides is 1. The molecule has 22 heavy (non-hydrogen) atoms. The lowest BCUT2D eigenvalue weighted by Gasteiger charge is -2.28. The van der Waals surface area contributed by atoms with Gasteiger partial charge in [0.1, 0.15) is 6.23 Å². The Kier molecular flexibility index (Phi) is 5.90. The monoisotopic (exact) mass is 300 g/mol. The first kappa shape index (κ1) is 16.4. The zero-order valence-corrected chi connectivity index (χ0v) is 13.3. The normalized spacial score (nSPS) is 13.8. The van der Waals surface area contributed by atoms with Gasteiger partial charge in [-0.15, -0.1) is 0 Å². The molecule has 0 aliphatic rings. The number of aromatic nitrogens is 1. The number of nitrogens with zero attached hydrogens (tertiary/aromatic N) is 2. The van der Waals surface area contributed by atoms with Crippen LogP contribution in [0.4, 0.5) is 0 Å². The Hall–Kier alpha value is -1.94. The van der Waals surface area contributed by atoms with Crippen LogP contribution in [0.3, 0.4) is 0 Å². The van der Waals surface area contributed by atoms with Gasteiger partial charge in [-0.3, -0.25) is 9.78 Å². The van der Waals surface area contributed by atoms with Gasteiger partial charge >= 0.3 is 0 Å². The standard InChI is InChI=1S/C18H24N2O2/c1-3-4-10-20(13-21)18(22)14(2)11-15-7-8-17-16(12-15)6-5-9-19-17/h5-9,12-14,18,22H,3-4,10-11H2,1-2H3. The highest BCUT2D eigenvalue weighted by Crippen LogP contribution is 2.19. The first-order valence-corrected chi connectivity index (χ1v) is 7.88. The first-order valence-electron chi connectivity index (χ1n) is 7.88. The van der Waals surface area contributed by atoms with Crippen molar-refractivity contribution in [2.45, 2.75) is 39.3 Å². The number of aliphatic hydroxyl groups is 1. The second-order valence-electron chi connectivity index (χ2n) is 5.82. The van der Waals surface area contributed by atoms with Gasteiger partial charge in [0.15, 0.2) is 0 Å². The highest BCUT2D eigenvalue weighted by atomic mass is 16.3. The van der Waals surface area contributed by atoms with Crippen LogP contribution in [-0.2, 0) is 11.2 Å². The molecule has 0 aliphatic carbocycles. The van der Waals surface area contributed by atoms with Gasteiger partial charge in [0.2, 0.25) is 6.41 Å².